The molecule has 1 aromatic carbocycles. The Bertz CT molecular complexity index is 1080. The van der Waals surface area contributed by atoms with Crippen LogP contribution in [0.15, 0.2) is 53.5 Å². The minimum Gasteiger partial charge on any atom is -0.324 e. The van der Waals surface area contributed by atoms with E-state index in [0.29, 0.717) is 10.4 Å². The zero-order valence-electron chi connectivity index (χ0n) is 12.6. The van der Waals surface area contributed by atoms with E-state index in [1.165, 1.54) is 18.3 Å². The van der Waals surface area contributed by atoms with Crippen LogP contribution in [0.25, 0.3) is 11.0 Å². The maximum absolute atomic E-state index is 12.5. The molecule has 25 heavy (non-hydrogen) atoms. The fourth-order valence-corrected chi connectivity index (χ4v) is 2.63. The molecule has 3 heterocycles. The number of aromatic amines is 1. The van der Waals surface area contributed by atoms with Gasteiger partial charge in [0.1, 0.15) is 5.65 Å². The van der Waals surface area contributed by atoms with E-state index in [0.717, 1.165) is 6.07 Å². The molecule has 0 radical (unpaired) electrons. The number of hydrogen-bond donors (Lipinski definition) is 1. The van der Waals surface area contributed by atoms with Crippen molar-refractivity contribution in [1.29, 1.82) is 0 Å². The van der Waals surface area contributed by atoms with Crippen LogP contribution >= 0.6 is 0 Å². The van der Waals surface area contributed by atoms with E-state index in [-0.39, 0.29) is 22.3 Å². The van der Waals surface area contributed by atoms with Crippen molar-refractivity contribution in [3.63, 3.8) is 0 Å². The van der Waals surface area contributed by atoms with Gasteiger partial charge >= 0.3 is 5.97 Å². The van der Waals surface area contributed by atoms with Crippen LogP contribution in [0.5, 0.6) is 0 Å². The number of aromatic nitrogens is 2. The van der Waals surface area contributed by atoms with Gasteiger partial charge in [-0.2, -0.15) is 0 Å². The Kier molecular flexibility index (Phi) is 3.17. The van der Waals surface area contributed by atoms with Crippen molar-refractivity contribution in [2.75, 3.05) is 0 Å². The molecule has 3 aromatic rings. The van der Waals surface area contributed by atoms with Gasteiger partial charge in [-0.15, -0.1) is 0 Å². The van der Waals surface area contributed by atoms with E-state index in [9.17, 15) is 19.2 Å². The lowest BCUT2D eigenvalue weighted by Crippen LogP contribution is -2.33. The summed E-state index contributed by atoms with van der Waals surface area (Å²) in [6.45, 7) is 0. The third-order valence-corrected chi connectivity index (χ3v) is 3.77. The minimum atomic E-state index is -1.00. The van der Waals surface area contributed by atoms with Gasteiger partial charge in [-0.1, -0.05) is 17.2 Å². The first-order valence-corrected chi connectivity index (χ1v) is 7.24. The highest BCUT2D eigenvalue weighted by molar-refractivity contribution is 6.21. The number of nitrogens with one attached hydrogen (secondary N) is 1. The number of hydroxylamine groups is 2. The fraction of sp³-hybridized carbons (Fsp3) is 0. The third kappa shape index (κ3) is 2.27. The first-order chi connectivity index (χ1) is 12.1. The van der Waals surface area contributed by atoms with Crippen molar-refractivity contribution in [2.24, 2.45) is 0 Å². The molecule has 1 aliphatic heterocycles. The molecule has 122 valence electrons. The van der Waals surface area contributed by atoms with Crippen LogP contribution in [-0.4, -0.2) is 32.8 Å². The molecule has 0 unspecified atom stereocenters. The molecule has 8 heteroatoms. The smallest absolute Gasteiger partial charge is 0.324 e. The maximum atomic E-state index is 12.5. The van der Waals surface area contributed by atoms with Gasteiger partial charge in [0.15, 0.2) is 0 Å². The Morgan fingerprint density at radius 3 is 2.36 bits per heavy atom. The second-order valence-electron chi connectivity index (χ2n) is 5.28. The number of carbonyl (C=O) groups is 3. The van der Waals surface area contributed by atoms with Crippen molar-refractivity contribution in [3.8, 4) is 0 Å². The molecule has 0 atom stereocenters. The van der Waals surface area contributed by atoms with Crippen molar-refractivity contribution in [2.45, 2.75) is 0 Å². The van der Waals surface area contributed by atoms with Crippen LogP contribution in [0.1, 0.15) is 31.1 Å². The van der Waals surface area contributed by atoms with Crippen LogP contribution in [0.2, 0.25) is 0 Å². The van der Waals surface area contributed by atoms with E-state index in [1.54, 1.807) is 24.3 Å². The number of fused-ring (bicyclic) bond motifs is 2. The summed E-state index contributed by atoms with van der Waals surface area (Å²) in [6, 6.07) is 10.3. The van der Waals surface area contributed by atoms with Crippen LogP contribution in [0, 0.1) is 0 Å². The van der Waals surface area contributed by atoms with Crippen molar-refractivity contribution in [1.82, 2.24) is 15.0 Å². The lowest BCUT2D eigenvalue weighted by molar-refractivity contribution is -0.0583. The normalized spacial score (nSPS) is 13.2. The van der Waals surface area contributed by atoms with Crippen molar-refractivity contribution >= 4 is 28.8 Å². The number of nitrogens with zero attached hydrogens (tertiary/aromatic N) is 2. The molecule has 0 saturated heterocycles. The number of imide groups is 1. The summed E-state index contributed by atoms with van der Waals surface area (Å²) in [5, 5.41) is 0.736. The van der Waals surface area contributed by atoms with Gasteiger partial charge in [-0.25, -0.2) is 9.78 Å². The van der Waals surface area contributed by atoms with E-state index in [2.05, 4.69) is 9.97 Å². The van der Waals surface area contributed by atoms with Gasteiger partial charge in [0.2, 0.25) is 5.56 Å². The average molecular weight is 335 g/mol. The second kappa shape index (κ2) is 5.38. The van der Waals surface area contributed by atoms with E-state index in [1.807, 2.05) is 0 Å². The van der Waals surface area contributed by atoms with Crippen LogP contribution in [-0.2, 0) is 4.84 Å². The topological polar surface area (TPSA) is 109 Å². The largest absolute Gasteiger partial charge is 0.364 e. The average Bonchev–Trinajstić information content (AvgIpc) is 2.86. The summed E-state index contributed by atoms with van der Waals surface area (Å²) in [6.07, 6.45) is 1.46. The lowest BCUT2D eigenvalue weighted by Gasteiger charge is -2.13. The predicted octanol–water partition coefficient (Wildman–Crippen LogP) is 1.29. The van der Waals surface area contributed by atoms with Crippen molar-refractivity contribution in [3.05, 3.63) is 75.7 Å². The molecule has 8 nitrogen and oxygen atoms in total. The number of carbonyl (C=O) groups excluding carboxylic acids is 3. The molecular weight excluding hydrogens is 326 g/mol. The zero-order chi connectivity index (χ0) is 17.6. The standard InChI is InChI=1S/C17H9N3O5/c21-13-8-12(9-6-3-7-18-14(9)19-13)17(24)25-20-15(22)10-4-1-2-5-11(10)16(20)23/h1-8H,(H,18,19,21). The Hall–Kier alpha value is -3.81. The highest BCUT2D eigenvalue weighted by atomic mass is 16.7. The van der Waals surface area contributed by atoms with Gasteiger partial charge in [-0.3, -0.25) is 14.4 Å². The predicted molar refractivity (Wildman–Crippen MR) is 84.7 cm³/mol. The monoisotopic (exact) mass is 335 g/mol. The Morgan fingerprint density at radius 2 is 1.68 bits per heavy atom. The Balaban J connectivity index is 1.72. The van der Waals surface area contributed by atoms with E-state index >= 15 is 0 Å². The number of amides is 2. The molecule has 1 aliphatic rings. The van der Waals surface area contributed by atoms with Gasteiger partial charge in [0, 0.05) is 17.6 Å². The van der Waals surface area contributed by atoms with Gasteiger partial charge in [0.25, 0.3) is 11.8 Å². The van der Waals surface area contributed by atoms with Gasteiger partial charge in [0.05, 0.1) is 16.7 Å². The molecule has 0 aliphatic carbocycles. The molecular formula is C17H9N3O5. The van der Waals surface area contributed by atoms with Crippen molar-refractivity contribution < 1.29 is 19.2 Å². The Labute approximate surface area is 139 Å². The van der Waals surface area contributed by atoms with Crippen LogP contribution in [0.3, 0.4) is 0 Å². The summed E-state index contributed by atoms with van der Waals surface area (Å²) in [4.78, 5) is 60.1. The number of rotatable bonds is 2. The summed E-state index contributed by atoms with van der Waals surface area (Å²) in [7, 11) is 0. The minimum absolute atomic E-state index is 0.0941. The molecule has 0 bridgehead atoms. The molecule has 2 amide bonds. The maximum Gasteiger partial charge on any atom is 0.364 e. The van der Waals surface area contributed by atoms with E-state index in [4.69, 9.17) is 4.84 Å². The lowest BCUT2D eigenvalue weighted by atomic mass is 10.1. The number of H-pyrrole nitrogens is 1. The number of pyridine rings is 2. The third-order valence-electron chi connectivity index (χ3n) is 3.77. The summed E-state index contributed by atoms with van der Waals surface area (Å²) in [5.41, 5.74) is -0.149. The first-order valence-electron chi connectivity index (χ1n) is 7.24. The second-order valence-corrected chi connectivity index (χ2v) is 5.28. The van der Waals surface area contributed by atoms with Gasteiger partial charge < -0.3 is 9.82 Å². The quantitative estimate of drug-likeness (QED) is 0.707. The molecule has 0 fully saturated rings. The zero-order valence-corrected chi connectivity index (χ0v) is 12.6. The summed E-state index contributed by atoms with van der Waals surface area (Å²) < 4.78 is 0. The fourth-order valence-electron chi connectivity index (χ4n) is 2.63. The number of hydrogen-bond acceptors (Lipinski definition) is 6. The van der Waals surface area contributed by atoms with E-state index < -0.39 is 23.3 Å². The Morgan fingerprint density at radius 1 is 1.00 bits per heavy atom. The summed E-state index contributed by atoms with van der Waals surface area (Å²) >= 11 is 0. The first kappa shape index (κ1) is 14.8. The summed E-state index contributed by atoms with van der Waals surface area (Å²) in [5.74, 6) is -2.47. The molecule has 2 aromatic heterocycles. The highest BCUT2D eigenvalue weighted by Gasteiger charge is 2.39. The van der Waals surface area contributed by atoms with Crippen LogP contribution in [0.4, 0.5) is 0 Å². The molecule has 0 spiro atoms. The highest BCUT2D eigenvalue weighted by Crippen LogP contribution is 2.24. The van der Waals surface area contributed by atoms with Crippen LogP contribution < -0.4 is 5.56 Å². The SMILES string of the molecule is O=C(ON1C(=O)c2ccccc2C1=O)c1cc(=O)[nH]c2ncccc12. The molecule has 1 N–H and O–H groups in total. The molecule has 4 rings (SSSR count). The molecule has 0 saturated carbocycles. The van der Waals surface area contributed by atoms with Gasteiger partial charge in [-0.05, 0) is 24.3 Å². The number of benzene rings is 1.